The maximum Gasteiger partial charge on any atom is 0.261 e. The number of para-hydroxylation sites is 1. The van der Waals surface area contributed by atoms with Crippen molar-refractivity contribution in [2.45, 2.75) is 26.0 Å². The van der Waals surface area contributed by atoms with Crippen LogP contribution in [-0.4, -0.2) is 24.1 Å². The molecule has 0 radical (unpaired) electrons. The molecule has 146 valence electrons. The molecule has 0 saturated carbocycles. The number of thiazole rings is 1. The Kier molecular flexibility index (Phi) is 6.60. The average Bonchev–Trinajstić information content (AvgIpc) is 3.20. The summed E-state index contributed by atoms with van der Waals surface area (Å²) in [6.45, 7) is 2.10. The molecule has 3 rings (SSSR count). The van der Waals surface area contributed by atoms with E-state index < -0.39 is 11.9 Å². The maximum absolute atomic E-state index is 13.7. The van der Waals surface area contributed by atoms with Gasteiger partial charge in [-0.2, -0.15) is 0 Å². The molecule has 0 bridgehead atoms. The minimum absolute atomic E-state index is 0.0694. The lowest BCUT2D eigenvalue weighted by atomic mass is 10.2. The molecule has 0 unspecified atom stereocenters. The zero-order chi connectivity index (χ0) is 19.9. The Morgan fingerprint density at radius 2 is 1.96 bits per heavy atom. The number of halogens is 1. The van der Waals surface area contributed by atoms with Gasteiger partial charge in [-0.25, -0.2) is 9.37 Å². The second kappa shape index (κ2) is 9.32. The Morgan fingerprint density at radius 1 is 1.21 bits per heavy atom. The molecular formula is C21H21FN2O3S. The topological polar surface area (TPSA) is 60.5 Å². The highest BCUT2D eigenvalue weighted by atomic mass is 32.1. The molecular weight excluding hydrogens is 379 g/mol. The van der Waals surface area contributed by atoms with Crippen molar-refractivity contribution >= 4 is 17.2 Å². The first-order chi connectivity index (χ1) is 13.6. The molecule has 0 fully saturated rings. The molecule has 28 heavy (non-hydrogen) atoms. The van der Waals surface area contributed by atoms with Gasteiger partial charge in [-0.15, -0.1) is 11.3 Å². The van der Waals surface area contributed by atoms with Gasteiger partial charge >= 0.3 is 0 Å². The number of aromatic nitrogens is 1. The highest BCUT2D eigenvalue weighted by molar-refractivity contribution is 7.13. The molecule has 2 aromatic carbocycles. The van der Waals surface area contributed by atoms with Gasteiger partial charge in [0.25, 0.3) is 5.91 Å². The maximum atomic E-state index is 13.7. The molecule has 0 aliphatic heterocycles. The molecule has 3 aromatic rings. The Bertz CT molecular complexity index is 927. The third kappa shape index (κ3) is 4.86. The fourth-order valence-electron chi connectivity index (χ4n) is 2.56. The number of carbonyl (C=O) groups is 1. The van der Waals surface area contributed by atoms with Crippen LogP contribution in [-0.2, 0) is 11.3 Å². The van der Waals surface area contributed by atoms with Crippen LogP contribution < -0.4 is 14.8 Å². The second-order valence-electron chi connectivity index (χ2n) is 6.04. The minimum Gasteiger partial charge on any atom is -0.497 e. The summed E-state index contributed by atoms with van der Waals surface area (Å²) in [4.78, 5) is 17.0. The zero-order valence-corrected chi connectivity index (χ0v) is 16.5. The number of rotatable bonds is 8. The van der Waals surface area contributed by atoms with Gasteiger partial charge in [-0.3, -0.25) is 4.79 Å². The van der Waals surface area contributed by atoms with Gasteiger partial charge in [0.15, 0.2) is 17.7 Å². The summed E-state index contributed by atoms with van der Waals surface area (Å²) in [7, 11) is 1.62. The van der Waals surface area contributed by atoms with Crippen LogP contribution in [0, 0.1) is 5.82 Å². The normalized spacial score (nSPS) is 11.7. The third-order valence-electron chi connectivity index (χ3n) is 4.10. The third-order valence-corrected chi connectivity index (χ3v) is 5.04. The number of methoxy groups -OCH3 is 1. The molecule has 0 aliphatic carbocycles. The monoisotopic (exact) mass is 400 g/mol. The van der Waals surface area contributed by atoms with Gasteiger partial charge in [0.05, 0.1) is 19.3 Å². The van der Waals surface area contributed by atoms with Crippen molar-refractivity contribution in [1.82, 2.24) is 10.3 Å². The summed E-state index contributed by atoms with van der Waals surface area (Å²) in [6.07, 6.45) is -0.342. The van der Waals surface area contributed by atoms with Crippen molar-refractivity contribution in [3.63, 3.8) is 0 Å². The van der Waals surface area contributed by atoms with E-state index in [1.165, 1.54) is 23.5 Å². The molecule has 5 nitrogen and oxygen atoms in total. The van der Waals surface area contributed by atoms with E-state index in [0.29, 0.717) is 6.42 Å². The van der Waals surface area contributed by atoms with Crippen molar-refractivity contribution in [2.24, 2.45) is 0 Å². The van der Waals surface area contributed by atoms with E-state index >= 15 is 0 Å². The fraction of sp³-hybridized carbons (Fsp3) is 0.238. The lowest BCUT2D eigenvalue weighted by molar-refractivity contribution is -0.128. The molecule has 7 heteroatoms. The number of ether oxygens (including phenoxy) is 2. The first-order valence-corrected chi connectivity index (χ1v) is 9.76. The molecule has 1 atom stereocenters. The summed E-state index contributed by atoms with van der Waals surface area (Å²) in [5.41, 5.74) is 1.74. The second-order valence-corrected chi connectivity index (χ2v) is 6.89. The Hall–Kier alpha value is -2.93. The Morgan fingerprint density at radius 3 is 2.64 bits per heavy atom. The van der Waals surface area contributed by atoms with Crippen molar-refractivity contribution < 1.29 is 18.7 Å². The molecule has 1 N–H and O–H groups in total. The van der Waals surface area contributed by atoms with E-state index in [1.54, 1.807) is 19.2 Å². The van der Waals surface area contributed by atoms with E-state index in [0.717, 1.165) is 22.0 Å². The van der Waals surface area contributed by atoms with Crippen molar-refractivity contribution in [3.8, 4) is 22.1 Å². The lowest BCUT2D eigenvalue weighted by Gasteiger charge is -2.17. The van der Waals surface area contributed by atoms with Gasteiger partial charge in [0.2, 0.25) is 0 Å². The first-order valence-electron chi connectivity index (χ1n) is 8.88. The predicted octanol–water partition coefficient (Wildman–Crippen LogP) is 4.43. The highest BCUT2D eigenvalue weighted by Gasteiger charge is 2.20. The smallest absolute Gasteiger partial charge is 0.261 e. The average molecular weight is 400 g/mol. The van der Waals surface area contributed by atoms with Crippen LogP contribution in [0.15, 0.2) is 53.9 Å². The van der Waals surface area contributed by atoms with Crippen LogP contribution >= 0.6 is 11.3 Å². The standard InChI is InChI=1S/C21H21FN2O3S/c1-3-18(27-19-7-5-4-6-17(19)22)20(25)23-12-15-13-28-21(24-15)14-8-10-16(26-2)11-9-14/h4-11,13,18H,3,12H2,1-2H3,(H,23,25)/t18-/m0/s1. The largest absolute Gasteiger partial charge is 0.497 e. The number of carbonyl (C=O) groups excluding carboxylic acids is 1. The number of nitrogens with one attached hydrogen (secondary N) is 1. The molecule has 0 saturated heterocycles. The minimum atomic E-state index is -0.767. The van der Waals surface area contributed by atoms with Crippen LogP contribution in [0.2, 0.25) is 0 Å². The molecule has 0 aliphatic rings. The Labute approximate surface area is 167 Å². The number of nitrogens with zero attached hydrogens (tertiary/aromatic N) is 1. The summed E-state index contributed by atoms with van der Waals surface area (Å²) < 4.78 is 24.4. The number of hydrogen-bond donors (Lipinski definition) is 1. The number of amides is 1. The van der Waals surface area contributed by atoms with Crippen LogP contribution in [0.4, 0.5) is 4.39 Å². The van der Waals surface area contributed by atoms with Crippen molar-refractivity contribution in [2.75, 3.05) is 7.11 Å². The first kappa shape index (κ1) is 19.8. The summed E-state index contributed by atoms with van der Waals surface area (Å²) in [6, 6.07) is 13.7. The van der Waals surface area contributed by atoms with Gasteiger partial charge < -0.3 is 14.8 Å². The van der Waals surface area contributed by atoms with E-state index in [2.05, 4.69) is 10.3 Å². The molecule has 1 heterocycles. The van der Waals surface area contributed by atoms with Crippen molar-refractivity contribution in [1.29, 1.82) is 0 Å². The molecule has 1 amide bonds. The summed E-state index contributed by atoms with van der Waals surface area (Å²) in [5.74, 6) is 0.0651. The highest BCUT2D eigenvalue weighted by Crippen LogP contribution is 2.25. The van der Waals surface area contributed by atoms with Gasteiger partial charge in [-0.05, 0) is 42.8 Å². The van der Waals surface area contributed by atoms with E-state index in [-0.39, 0.29) is 18.2 Å². The van der Waals surface area contributed by atoms with Crippen LogP contribution in [0.1, 0.15) is 19.0 Å². The molecule has 0 spiro atoms. The Balaban J connectivity index is 1.59. The van der Waals surface area contributed by atoms with E-state index in [9.17, 15) is 9.18 Å². The van der Waals surface area contributed by atoms with E-state index in [1.807, 2.05) is 36.6 Å². The number of benzene rings is 2. The number of hydrogen-bond acceptors (Lipinski definition) is 5. The van der Waals surface area contributed by atoms with Crippen LogP contribution in [0.25, 0.3) is 10.6 Å². The quantitative estimate of drug-likeness (QED) is 0.608. The van der Waals surface area contributed by atoms with Crippen molar-refractivity contribution in [3.05, 3.63) is 65.4 Å². The summed E-state index contributed by atoms with van der Waals surface area (Å²) in [5, 5.41) is 5.57. The SMILES string of the molecule is CC[C@H](Oc1ccccc1F)C(=O)NCc1csc(-c2ccc(OC)cc2)n1. The van der Waals surface area contributed by atoms with Crippen LogP contribution in [0.5, 0.6) is 11.5 Å². The lowest BCUT2D eigenvalue weighted by Crippen LogP contribution is -2.37. The van der Waals surface area contributed by atoms with Gasteiger partial charge in [0, 0.05) is 10.9 Å². The summed E-state index contributed by atoms with van der Waals surface area (Å²) >= 11 is 1.50. The van der Waals surface area contributed by atoms with Gasteiger partial charge in [0.1, 0.15) is 10.8 Å². The zero-order valence-electron chi connectivity index (χ0n) is 15.6. The van der Waals surface area contributed by atoms with Crippen LogP contribution in [0.3, 0.4) is 0 Å². The van der Waals surface area contributed by atoms with Gasteiger partial charge in [-0.1, -0.05) is 19.1 Å². The van der Waals surface area contributed by atoms with E-state index in [4.69, 9.17) is 9.47 Å². The fourth-order valence-corrected chi connectivity index (χ4v) is 3.39. The molecule has 1 aromatic heterocycles. The predicted molar refractivity (Wildman–Crippen MR) is 107 cm³/mol.